The van der Waals surface area contributed by atoms with Gasteiger partial charge in [-0.1, -0.05) is 6.07 Å². The molecule has 0 aliphatic carbocycles. The third kappa shape index (κ3) is 3.04. The maximum atomic E-state index is 12.1. The number of nitrogen functional groups attached to an aromatic ring is 2. The summed E-state index contributed by atoms with van der Waals surface area (Å²) in [6.07, 6.45) is 0. The Morgan fingerprint density at radius 2 is 1.58 bits per heavy atom. The largest absolute Gasteiger partial charge is 0.399 e. The number of rotatable bonds is 2. The molecule has 4 heteroatoms. The van der Waals surface area contributed by atoms with Crippen LogP contribution in [-0.2, 0) is 0 Å². The normalized spacial score (nSPS) is 10.2. The van der Waals surface area contributed by atoms with Gasteiger partial charge in [-0.3, -0.25) is 4.79 Å². The highest BCUT2D eigenvalue weighted by Crippen LogP contribution is 2.17. The van der Waals surface area contributed by atoms with Crippen LogP contribution in [0, 0.1) is 13.8 Å². The number of benzene rings is 2. The molecule has 19 heavy (non-hydrogen) atoms. The van der Waals surface area contributed by atoms with Crippen molar-refractivity contribution < 1.29 is 4.79 Å². The molecule has 0 aliphatic rings. The van der Waals surface area contributed by atoms with E-state index in [9.17, 15) is 4.79 Å². The SMILES string of the molecule is Cc1ccc(NC(=O)c2cc(N)cc(N)c2)cc1C. The van der Waals surface area contributed by atoms with Gasteiger partial charge in [0.1, 0.15) is 0 Å². The molecule has 0 bridgehead atoms. The molecule has 0 spiro atoms. The highest BCUT2D eigenvalue weighted by molar-refractivity contribution is 6.05. The molecular formula is C15H17N3O. The second-order valence-electron chi connectivity index (χ2n) is 4.64. The Balaban J connectivity index is 2.22. The van der Waals surface area contributed by atoms with E-state index in [1.165, 1.54) is 5.56 Å². The zero-order chi connectivity index (χ0) is 14.0. The molecule has 0 unspecified atom stereocenters. The summed E-state index contributed by atoms with van der Waals surface area (Å²) in [5.41, 5.74) is 15.8. The Hall–Kier alpha value is -2.49. The number of aryl methyl sites for hydroxylation is 2. The maximum Gasteiger partial charge on any atom is 0.255 e. The first kappa shape index (κ1) is 13.0. The second kappa shape index (κ2) is 5.02. The lowest BCUT2D eigenvalue weighted by Gasteiger charge is -2.09. The average Bonchev–Trinajstić information content (AvgIpc) is 2.32. The molecule has 5 N–H and O–H groups in total. The van der Waals surface area contributed by atoms with E-state index >= 15 is 0 Å². The Labute approximate surface area is 112 Å². The summed E-state index contributed by atoms with van der Waals surface area (Å²) in [6.45, 7) is 4.03. The highest BCUT2D eigenvalue weighted by Gasteiger charge is 2.08. The molecule has 1 amide bonds. The van der Waals surface area contributed by atoms with Crippen molar-refractivity contribution in [2.75, 3.05) is 16.8 Å². The first-order chi connectivity index (χ1) is 8.95. The van der Waals surface area contributed by atoms with Crippen molar-refractivity contribution >= 4 is 23.0 Å². The van der Waals surface area contributed by atoms with Gasteiger partial charge in [0.25, 0.3) is 5.91 Å². The molecule has 98 valence electrons. The van der Waals surface area contributed by atoms with Crippen LogP contribution in [0.15, 0.2) is 36.4 Å². The van der Waals surface area contributed by atoms with E-state index in [-0.39, 0.29) is 5.91 Å². The number of carbonyl (C=O) groups excluding carboxylic acids is 1. The van der Waals surface area contributed by atoms with Gasteiger partial charge in [0.15, 0.2) is 0 Å². The van der Waals surface area contributed by atoms with Crippen molar-refractivity contribution in [2.45, 2.75) is 13.8 Å². The first-order valence-corrected chi connectivity index (χ1v) is 6.00. The predicted molar refractivity (Wildman–Crippen MR) is 79.1 cm³/mol. The third-order valence-corrected chi connectivity index (χ3v) is 3.00. The molecule has 2 rings (SSSR count). The summed E-state index contributed by atoms with van der Waals surface area (Å²) >= 11 is 0. The molecule has 0 saturated heterocycles. The van der Waals surface area contributed by atoms with Crippen molar-refractivity contribution in [1.29, 1.82) is 0 Å². The van der Waals surface area contributed by atoms with Crippen LogP contribution in [0.3, 0.4) is 0 Å². The first-order valence-electron chi connectivity index (χ1n) is 6.00. The topological polar surface area (TPSA) is 81.1 Å². The quantitative estimate of drug-likeness (QED) is 0.722. The second-order valence-corrected chi connectivity index (χ2v) is 4.64. The van der Waals surface area contributed by atoms with E-state index in [0.29, 0.717) is 16.9 Å². The zero-order valence-corrected chi connectivity index (χ0v) is 11.0. The van der Waals surface area contributed by atoms with E-state index < -0.39 is 0 Å². The summed E-state index contributed by atoms with van der Waals surface area (Å²) in [5.74, 6) is -0.220. The highest BCUT2D eigenvalue weighted by atomic mass is 16.1. The van der Waals surface area contributed by atoms with E-state index in [2.05, 4.69) is 5.32 Å². The van der Waals surface area contributed by atoms with Gasteiger partial charge in [-0.15, -0.1) is 0 Å². The number of nitrogens with one attached hydrogen (secondary N) is 1. The molecule has 0 aromatic heterocycles. The van der Waals surface area contributed by atoms with Crippen molar-refractivity contribution in [3.8, 4) is 0 Å². The number of nitrogens with two attached hydrogens (primary N) is 2. The monoisotopic (exact) mass is 255 g/mol. The Morgan fingerprint density at radius 1 is 0.947 bits per heavy atom. The molecule has 0 radical (unpaired) electrons. The van der Waals surface area contributed by atoms with Crippen LogP contribution >= 0.6 is 0 Å². The summed E-state index contributed by atoms with van der Waals surface area (Å²) < 4.78 is 0. The molecule has 0 atom stereocenters. The van der Waals surface area contributed by atoms with Gasteiger partial charge in [0.2, 0.25) is 0 Å². The fourth-order valence-electron chi connectivity index (χ4n) is 1.83. The minimum Gasteiger partial charge on any atom is -0.399 e. The Kier molecular flexibility index (Phi) is 3.42. The lowest BCUT2D eigenvalue weighted by molar-refractivity contribution is 0.102. The Morgan fingerprint density at radius 3 is 2.16 bits per heavy atom. The van der Waals surface area contributed by atoms with Crippen LogP contribution in [-0.4, -0.2) is 5.91 Å². The van der Waals surface area contributed by atoms with Crippen LogP contribution in [0.1, 0.15) is 21.5 Å². The zero-order valence-electron chi connectivity index (χ0n) is 11.0. The predicted octanol–water partition coefficient (Wildman–Crippen LogP) is 2.72. The summed E-state index contributed by atoms with van der Waals surface area (Å²) in [5, 5.41) is 2.83. The standard InChI is InChI=1S/C15H17N3O/c1-9-3-4-14(5-10(9)2)18-15(19)11-6-12(16)8-13(17)7-11/h3-8H,16-17H2,1-2H3,(H,18,19). The van der Waals surface area contributed by atoms with Crippen molar-refractivity contribution in [3.63, 3.8) is 0 Å². The van der Waals surface area contributed by atoms with Crippen LogP contribution in [0.4, 0.5) is 17.1 Å². The van der Waals surface area contributed by atoms with Gasteiger partial charge in [0.05, 0.1) is 0 Å². The lowest BCUT2D eigenvalue weighted by atomic mass is 10.1. The van der Waals surface area contributed by atoms with Gasteiger partial charge in [0, 0.05) is 22.6 Å². The van der Waals surface area contributed by atoms with Gasteiger partial charge in [-0.25, -0.2) is 0 Å². The van der Waals surface area contributed by atoms with Crippen LogP contribution in [0.5, 0.6) is 0 Å². The van der Waals surface area contributed by atoms with Crippen LogP contribution < -0.4 is 16.8 Å². The summed E-state index contributed by atoms with van der Waals surface area (Å²) in [7, 11) is 0. The molecular weight excluding hydrogens is 238 g/mol. The molecule has 2 aromatic rings. The number of carbonyl (C=O) groups is 1. The van der Waals surface area contributed by atoms with E-state index in [0.717, 1.165) is 11.3 Å². The number of anilines is 3. The number of amides is 1. The number of hydrogen-bond acceptors (Lipinski definition) is 3. The maximum absolute atomic E-state index is 12.1. The van der Waals surface area contributed by atoms with Crippen molar-refractivity contribution in [1.82, 2.24) is 0 Å². The van der Waals surface area contributed by atoms with Crippen molar-refractivity contribution in [3.05, 3.63) is 53.1 Å². The summed E-state index contributed by atoms with van der Waals surface area (Å²) in [6, 6.07) is 10.6. The molecule has 0 aliphatic heterocycles. The van der Waals surface area contributed by atoms with E-state index in [4.69, 9.17) is 11.5 Å². The fraction of sp³-hybridized carbons (Fsp3) is 0.133. The fourth-order valence-corrected chi connectivity index (χ4v) is 1.83. The average molecular weight is 255 g/mol. The minimum absolute atomic E-state index is 0.220. The molecule has 4 nitrogen and oxygen atoms in total. The third-order valence-electron chi connectivity index (χ3n) is 3.00. The molecule has 0 saturated carbocycles. The molecule has 2 aromatic carbocycles. The summed E-state index contributed by atoms with van der Waals surface area (Å²) in [4.78, 5) is 12.1. The van der Waals surface area contributed by atoms with Crippen LogP contribution in [0.25, 0.3) is 0 Å². The molecule has 0 heterocycles. The molecule has 0 fully saturated rings. The smallest absolute Gasteiger partial charge is 0.255 e. The minimum atomic E-state index is -0.220. The van der Waals surface area contributed by atoms with Crippen LogP contribution in [0.2, 0.25) is 0 Å². The van der Waals surface area contributed by atoms with E-state index in [1.807, 2.05) is 32.0 Å². The van der Waals surface area contributed by atoms with Crippen molar-refractivity contribution in [2.24, 2.45) is 0 Å². The van der Waals surface area contributed by atoms with Gasteiger partial charge in [-0.2, -0.15) is 0 Å². The van der Waals surface area contributed by atoms with Gasteiger partial charge >= 0.3 is 0 Å². The van der Waals surface area contributed by atoms with Gasteiger partial charge < -0.3 is 16.8 Å². The number of hydrogen-bond donors (Lipinski definition) is 3. The van der Waals surface area contributed by atoms with Gasteiger partial charge in [-0.05, 0) is 55.3 Å². The van der Waals surface area contributed by atoms with E-state index in [1.54, 1.807) is 18.2 Å². The Bertz CT molecular complexity index is 615. The lowest BCUT2D eigenvalue weighted by Crippen LogP contribution is -2.12.